The van der Waals surface area contributed by atoms with Crippen molar-refractivity contribution in [1.29, 1.82) is 0 Å². The molecule has 0 aliphatic heterocycles. The Labute approximate surface area is 132 Å². The number of rotatable bonds is 5. The number of amides is 1. The number of carbonyl (C=O) groups excluding carboxylic acids is 1. The minimum absolute atomic E-state index is 0.191. The van der Waals surface area contributed by atoms with Gasteiger partial charge in [0.1, 0.15) is 0 Å². The Balaban J connectivity index is 2.09. The summed E-state index contributed by atoms with van der Waals surface area (Å²) in [4.78, 5) is 19.9. The second kappa shape index (κ2) is 7.24. The molecular weight excluding hydrogens is 311 g/mol. The molecule has 0 fully saturated rings. The highest BCUT2D eigenvalue weighted by Gasteiger charge is 2.07. The summed E-state index contributed by atoms with van der Waals surface area (Å²) in [7, 11) is 0. The molecule has 2 rings (SSSR count). The van der Waals surface area contributed by atoms with Gasteiger partial charge in [0.15, 0.2) is 0 Å². The van der Waals surface area contributed by atoms with Crippen molar-refractivity contribution in [3.8, 4) is 0 Å². The molecule has 1 aromatic carbocycles. The molecule has 0 saturated heterocycles. The molecule has 0 aliphatic rings. The Bertz CT molecular complexity index is 631. The summed E-state index contributed by atoms with van der Waals surface area (Å²) in [5.74, 6) is 0.149. The van der Waals surface area contributed by atoms with Gasteiger partial charge in [-0.05, 0) is 24.6 Å². The second-order valence-corrected chi connectivity index (χ2v) is 5.14. The van der Waals surface area contributed by atoms with Gasteiger partial charge in [0.05, 0.1) is 16.3 Å². The van der Waals surface area contributed by atoms with Crippen molar-refractivity contribution >= 4 is 40.7 Å². The van der Waals surface area contributed by atoms with Gasteiger partial charge in [0.2, 0.25) is 5.95 Å². The average molecular weight is 325 g/mol. The van der Waals surface area contributed by atoms with Crippen molar-refractivity contribution in [2.45, 2.75) is 13.3 Å². The van der Waals surface area contributed by atoms with Gasteiger partial charge in [-0.1, -0.05) is 30.1 Å². The van der Waals surface area contributed by atoms with Crippen molar-refractivity contribution < 1.29 is 4.79 Å². The highest BCUT2D eigenvalue weighted by molar-refractivity contribution is 6.35. The number of halogens is 2. The summed E-state index contributed by atoms with van der Waals surface area (Å²) in [5, 5.41) is 6.77. The second-order valence-electron chi connectivity index (χ2n) is 4.30. The Morgan fingerprint density at radius 2 is 1.95 bits per heavy atom. The van der Waals surface area contributed by atoms with Gasteiger partial charge in [-0.3, -0.25) is 4.79 Å². The molecule has 1 amide bonds. The van der Waals surface area contributed by atoms with E-state index in [1.807, 2.05) is 6.92 Å². The van der Waals surface area contributed by atoms with E-state index in [0.29, 0.717) is 33.8 Å². The van der Waals surface area contributed by atoms with Crippen LogP contribution >= 0.6 is 23.2 Å². The van der Waals surface area contributed by atoms with E-state index in [4.69, 9.17) is 23.2 Å². The fourth-order valence-corrected chi connectivity index (χ4v) is 1.90. The van der Waals surface area contributed by atoms with Gasteiger partial charge in [-0.2, -0.15) is 0 Å². The molecule has 0 saturated carbocycles. The van der Waals surface area contributed by atoms with Crippen LogP contribution in [0.5, 0.6) is 0 Å². The van der Waals surface area contributed by atoms with Crippen LogP contribution in [0, 0.1) is 0 Å². The Hall–Kier alpha value is -1.85. The largest absolute Gasteiger partial charge is 0.352 e. The SMILES string of the molecule is CCCNC(=O)c1cnc(Nc2cc(Cl)ccc2Cl)nc1. The standard InChI is InChI=1S/C14H14Cl2N4O/c1-2-5-17-13(21)9-7-18-14(19-8-9)20-12-6-10(15)3-4-11(12)16/h3-4,6-8H,2,5H2,1H3,(H,17,21)(H,18,19,20). The highest BCUT2D eigenvalue weighted by atomic mass is 35.5. The third-order valence-electron chi connectivity index (χ3n) is 2.62. The van der Waals surface area contributed by atoms with Gasteiger partial charge in [-0.15, -0.1) is 0 Å². The maximum Gasteiger partial charge on any atom is 0.254 e. The van der Waals surface area contributed by atoms with Crippen LogP contribution in [0.25, 0.3) is 0 Å². The number of anilines is 2. The molecule has 0 atom stereocenters. The summed E-state index contributed by atoms with van der Waals surface area (Å²) >= 11 is 12.0. The monoisotopic (exact) mass is 324 g/mol. The first-order valence-corrected chi connectivity index (χ1v) is 7.18. The van der Waals surface area contributed by atoms with Crippen LogP contribution in [0.4, 0.5) is 11.6 Å². The molecule has 0 radical (unpaired) electrons. The molecule has 7 heteroatoms. The summed E-state index contributed by atoms with van der Waals surface area (Å²) in [5.41, 5.74) is 1.01. The average Bonchev–Trinajstić information content (AvgIpc) is 2.49. The number of aromatic nitrogens is 2. The molecule has 0 unspecified atom stereocenters. The van der Waals surface area contributed by atoms with Crippen LogP contribution in [-0.2, 0) is 0 Å². The summed E-state index contributed by atoms with van der Waals surface area (Å²) in [6.45, 7) is 2.61. The Kier molecular flexibility index (Phi) is 5.36. The van der Waals surface area contributed by atoms with Crippen LogP contribution in [0.2, 0.25) is 10.0 Å². The maximum atomic E-state index is 11.7. The first-order valence-electron chi connectivity index (χ1n) is 6.42. The number of nitrogens with one attached hydrogen (secondary N) is 2. The van der Waals surface area contributed by atoms with Crippen molar-refractivity contribution in [3.63, 3.8) is 0 Å². The van der Waals surface area contributed by atoms with Gasteiger partial charge >= 0.3 is 0 Å². The minimum Gasteiger partial charge on any atom is -0.352 e. The topological polar surface area (TPSA) is 66.9 Å². The van der Waals surface area contributed by atoms with Crippen LogP contribution in [0.15, 0.2) is 30.6 Å². The fraction of sp³-hybridized carbons (Fsp3) is 0.214. The number of hydrogen-bond donors (Lipinski definition) is 2. The van der Waals surface area contributed by atoms with E-state index >= 15 is 0 Å². The zero-order valence-electron chi connectivity index (χ0n) is 11.4. The Morgan fingerprint density at radius 1 is 1.24 bits per heavy atom. The van der Waals surface area contributed by atoms with Crippen molar-refractivity contribution in [2.24, 2.45) is 0 Å². The Morgan fingerprint density at radius 3 is 2.62 bits per heavy atom. The third-order valence-corrected chi connectivity index (χ3v) is 3.19. The lowest BCUT2D eigenvalue weighted by Crippen LogP contribution is -2.24. The van der Waals surface area contributed by atoms with E-state index in [9.17, 15) is 4.79 Å². The predicted molar refractivity (Wildman–Crippen MR) is 84.4 cm³/mol. The van der Waals surface area contributed by atoms with Gasteiger partial charge in [0.25, 0.3) is 5.91 Å². The molecule has 1 heterocycles. The van der Waals surface area contributed by atoms with Crippen molar-refractivity contribution in [2.75, 3.05) is 11.9 Å². The lowest BCUT2D eigenvalue weighted by atomic mass is 10.3. The van der Waals surface area contributed by atoms with Crippen LogP contribution < -0.4 is 10.6 Å². The summed E-state index contributed by atoms with van der Waals surface area (Å²) < 4.78 is 0. The summed E-state index contributed by atoms with van der Waals surface area (Å²) in [6.07, 6.45) is 3.79. The predicted octanol–water partition coefficient (Wildman–Crippen LogP) is 3.67. The number of nitrogens with zero attached hydrogens (tertiary/aromatic N) is 2. The lowest BCUT2D eigenvalue weighted by molar-refractivity contribution is 0.0953. The number of hydrogen-bond acceptors (Lipinski definition) is 4. The van der Waals surface area contributed by atoms with E-state index < -0.39 is 0 Å². The van der Waals surface area contributed by atoms with Gasteiger partial charge < -0.3 is 10.6 Å². The zero-order chi connectivity index (χ0) is 15.2. The van der Waals surface area contributed by atoms with Gasteiger partial charge in [0, 0.05) is 24.0 Å². The van der Waals surface area contributed by atoms with Gasteiger partial charge in [-0.25, -0.2) is 9.97 Å². The quantitative estimate of drug-likeness (QED) is 0.880. The molecular formula is C14H14Cl2N4O. The van der Waals surface area contributed by atoms with Crippen LogP contribution in [0.1, 0.15) is 23.7 Å². The van der Waals surface area contributed by atoms with Crippen molar-refractivity contribution in [1.82, 2.24) is 15.3 Å². The maximum absolute atomic E-state index is 11.7. The van der Waals surface area contributed by atoms with E-state index in [-0.39, 0.29) is 5.91 Å². The molecule has 0 aliphatic carbocycles. The molecule has 2 N–H and O–H groups in total. The van der Waals surface area contributed by atoms with Crippen LogP contribution in [0.3, 0.4) is 0 Å². The number of benzene rings is 1. The molecule has 1 aromatic heterocycles. The van der Waals surface area contributed by atoms with Crippen molar-refractivity contribution in [3.05, 3.63) is 46.2 Å². The molecule has 2 aromatic rings. The minimum atomic E-state index is -0.191. The molecule has 0 spiro atoms. The van der Waals surface area contributed by atoms with E-state index in [0.717, 1.165) is 6.42 Å². The van der Waals surface area contributed by atoms with E-state index in [1.54, 1.807) is 18.2 Å². The third kappa shape index (κ3) is 4.31. The lowest BCUT2D eigenvalue weighted by Gasteiger charge is -2.08. The molecule has 0 bridgehead atoms. The summed E-state index contributed by atoms with van der Waals surface area (Å²) in [6, 6.07) is 5.05. The van der Waals surface area contributed by atoms with E-state index in [2.05, 4.69) is 20.6 Å². The van der Waals surface area contributed by atoms with Crippen LogP contribution in [-0.4, -0.2) is 22.4 Å². The number of carbonyl (C=O) groups is 1. The molecule has 5 nitrogen and oxygen atoms in total. The molecule has 110 valence electrons. The first kappa shape index (κ1) is 15.5. The first-order chi connectivity index (χ1) is 10.1. The van der Waals surface area contributed by atoms with E-state index in [1.165, 1.54) is 12.4 Å². The fourth-order valence-electron chi connectivity index (χ4n) is 1.56. The smallest absolute Gasteiger partial charge is 0.254 e. The zero-order valence-corrected chi connectivity index (χ0v) is 12.9. The highest BCUT2D eigenvalue weighted by Crippen LogP contribution is 2.27. The molecule has 21 heavy (non-hydrogen) atoms. The normalized spacial score (nSPS) is 10.2.